The maximum atomic E-state index is 13.0. The van der Waals surface area contributed by atoms with Crippen molar-refractivity contribution in [2.24, 2.45) is 0 Å². The molecule has 0 aliphatic carbocycles. The van der Waals surface area contributed by atoms with E-state index in [1.807, 2.05) is 6.92 Å². The molecule has 0 radical (unpaired) electrons. The van der Waals surface area contributed by atoms with Gasteiger partial charge in [-0.2, -0.15) is 0 Å². The monoisotopic (exact) mass is 406 g/mol. The molecule has 0 fully saturated rings. The Labute approximate surface area is 169 Å². The van der Waals surface area contributed by atoms with Gasteiger partial charge in [0.05, 0.1) is 20.3 Å². The van der Waals surface area contributed by atoms with Gasteiger partial charge in [0, 0.05) is 30.7 Å². The second-order valence-electron chi connectivity index (χ2n) is 5.85. The molecule has 0 bridgehead atoms. The number of methoxy groups -OCH3 is 1. The van der Waals surface area contributed by atoms with Crippen LogP contribution in [0.2, 0.25) is 0 Å². The number of aromatic nitrogens is 1. The fourth-order valence-electron chi connectivity index (χ4n) is 2.52. The largest absolute Gasteiger partial charge is 0.497 e. The summed E-state index contributed by atoms with van der Waals surface area (Å²) in [6.07, 6.45) is 0.714. The highest BCUT2D eigenvalue weighted by Gasteiger charge is 2.19. The van der Waals surface area contributed by atoms with Crippen molar-refractivity contribution in [2.45, 2.75) is 26.8 Å². The molecule has 0 spiro atoms. The number of hydrogen-bond donors (Lipinski definition) is 0. The third-order valence-corrected chi connectivity index (χ3v) is 4.74. The minimum absolute atomic E-state index is 0.105. The van der Waals surface area contributed by atoms with Crippen molar-refractivity contribution >= 4 is 23.2 Å². The van der Waals surface area contributed by atoms with E-state index in [0.29, 0.717) is 55.7 Å². The van der Waals surface area contributed by atoms with Gasteiger partial charge in [0.25, 0.3) is 5.91 Å². The van der Waals surface area contributed by atoms with Crippen molar-refractivity contribution in [2.75, 3.05) is 33.5 Å². The molecule has 2 aromatic rings. The zero-order chi connectivity index (χ0) is 20.4. The van der Waals surface area contributed by atoms with Gasteiger partial charge in [-0.3, -0.25) is 4.79 Å². The molecule has 1 aromatic carbocycles. The van der Waals surface area contributed by atoms with Crippen LogP contribution < -0.4 is 4.74 Å². The molecular weight excluding hydrogens is 380 g/mol. The van der Waals surface area contributed by atoms with E-state index in [0.717, 1.165) is 0 Å². The molecule has 7 nitrogen and oxygen atoms in total. The summed E-state index contributed by atoms with van der Waals surface area (Å²) in [5.41, 5.74) is 0.840. The lowest BCUT2D eigenvalue weighted by molar-refractivity contribution is 0.0520. The maximum absolute atomic E-state index is 13.0. The third kappa shape index (κ3) is 6.31. The van der Waals surface area contributed by atoms with E-state index < -0.39 is 5.97 Å². The number of esters is 1. The highest BCUT2D eigenvalue weighted by Crippen LogP contribution is 2.18. The predicted octanol–water partition coefficient (Wildman–Crippen LogP) is 3.40. The molecule has 0 aliphatic heterocycles. The highest BCUT2D eigenvalue weighted by molar-refractivity contribution is 7.09. The first kappa shape index (κ1) is 21.8. The van der Waals surface area contributed by atoms with Crippen LogP contribution in [0.3, 0.4) is 0 Å². The lowest BCUT2D eigenvalue weighted by Gasteiger charge is -2.22. The lowest BCUT2D eigenvalue weighted by Crippen LogP contribution is -2.32. The molecule has 1 amide bonds. The van der Waals surface area contributed by atoms with Gasteiger partial charge in [-0.15, -0.1) is 11.3 Å². The van der Waals surface area contributed by atoms with E-state index in [1.54, 1.807) is 48.6 Å². The number of rotatable bonds is 11. The van der Waals surface area contributed by atoms with Gasteiger partial charge < -0.3 is 19.1 Å². The van der Waals surface area contributed by atoms with Crippen molar-refractivity contribution in [1.29, 1.82) is 0 Å². The average Bonchev–Trinajstić information content (AvgIpc) is 3.19. The number of benzene rings is 1. The molecule has 0 saturated heterocycles. The van der Waals surface area contributed by atoms with E-state index >= 15 is 0 Å². The topological polar surface area (TPSA) is 78.0 Å². The van der Waals surface area contributed by atoms with Crippen LogP contribution in [0.1, 0.15) is 46.1 Å². The zero-order valence-electron chi connectivity index (χ0n) is 16.5. The number of nitrogens with zero attached hydrogens (tertiary/aromatic N) is 2. The van der Waals surface area contributed by atoms with Crippen molar-refractivity contribution in [3.05, 3.63) is 45.9 Å². The Morgan fingerprint density at radius 3 is 2.54 bits per heavy atom. The Kier molecular flexibility index (Phi) is 8.90. The van der Waals surface area contributed by atoms with Crippen molar-refractivity contribution < 1.29 is 23.8 Å². The third-order valence-electron chi connectivity index (χ3n) is 3.91. The number of hydrogen-bond acceptors (Lipinski definition) is 7. The first-order chi connectivity index (χ1) is 13.6. The van der Waals surface area contributed by atoms with Crippen LogP contribution in [-0.4, -0.2) is 55.2 Å². The smallest absolute Gasteiger partial charge is 0.357 e. The fourth-order valence-corrected chi connectivity index (χ4v) is 3.29. The van der Waals surface area contributed by atoms with Crippen molar-refractivity contribution in [1.82, 2.24) is 9.88 Å². The van der Waals surface area contributed by atoms with Crippen LogP contribution in [0.5, 0.6) is 5.75 Å². The van der Waals surface area contributed by atoms with Gasteiger partial charge in [-0.25, -0.2) is 9.78 Å². The Bertz CT molecular complexity index is 760. The average molecular weight is 407 g/mol. The zero-order valence-corrected chi connectivity index (χ0v) is 17.3. The van der Waals surface area contributed by atoms with Gasteiger partial charge in [0.1, 0.15) is 10.8 Å². The van der Waals surface area contributed by atoms with Crippen LogP contribution in [0.4, 0.5) is 0 Å². The molecule has 0 saturated carbocycles. The summed E-state index contributed by atoms with van der Waals surface area (Å²) in [5, 5.41) is 2.34. The molecule has 2 rings (SSSR count). The van der Waals surface area contributed by atoms with Crippen LogP contribution in [0.15, 0.2) is 29.6 Å². The molecule has 28 heavy (non-hydrogen) atoms. The molecule has 0 atom stereocenters. The van der Waals surface area contributed by atoms with Gasteiger partial charge in [0.15, 0.2) is 5.69 Å². The van der Waals surface area contributed by atoms with Gasteiger partial charge in [-0.1, -0.05) is 0 Å². The molecular formula is C20H26N2O5S. The molecule has 0 unspecified atom stereocenters. The number of thiazole rings is 1. The van der Waals surface area contributed by atoms with Gasteiger partial charge in [-0.05, 0) is 44.5 Å². The molecule has 0 aliphatic rings. The Hall–Kier alpha value is -2.45. The number of ether oxygens (including phenoxy) is 3. The number of carbonyl (C=O) groups is 2. The minimum atomic E-state index is -0.450. The minimum Gasteiger partial charge on any atom is -0.497 e. The molecule has 1 aromatic heterocycles. The molecule has 8 heteroatoms. The van der Waals surface area contributed by atoms with Crippen molar-refractivity contribution in [3.63, 3.8) is 0 Å². The van der Waals surface area contributed by atoms with Gasteiger partial charge in [0.2, 0.25) is 0 Å². The molecule has 1 heterocycles. The Morgan fingerprint density at radius 2 is 1.89 bits per heavy atom. The number of carbonyl (C=O) groups excluding carboxylic acids is 2. The van der Waals surface area contributed by atoms with Crippen LogP contribution in [0, 0.1) is 0 Å². The summed E-state index contributed by atoms with van der Waals surface area (Å²) < 4.78 is 15.5. The van der Waals surface area contributed by atoms with Gasteiger partial charge >= 0.3 is 5.97 Å². The fraction of sp³-hybridized carbons (Fsp3) is 0.450. The standard InChI is InChI=1S/C20H26N2O5S/c1-4-26-12-6-11-22(19(23)15-7-9-16(25-3)10-8-15)13-18-21-17(14-28-18)20(24)27-5-2/h7-10,14H,4-6,11-13H2,1-3H3. The Balaban J connectivity index is 2.11. The highest BCUT2D eigenvalue weighted by atomic mass is 32.1. The van der Waals surface area contributed by atoms with E-state index in [9.17, 15) is 9.59 Å². The summed E-state index contributed by atoms with van der Waals surface area (Å²) in [7, 11) is 1.58. The summed E-state index contributed by atoms with van der Waals surface area (Å²) in [5.74, 6) is 0.139. The molecule has 0 N–H and O–H groups in total. The van der Waals surface area contributed by atoms with Crippen molar-refractivity contribution in [3.8, 4) is 5.75 Å². The first-order valence-corrected chi connectivity index (χ1v) is 10.1. The van der Waals surface area contributed by atoms with E-state index in [4.69, 9.17) is 14.2 Å². The maximum Gasteiger partial charge on any atom is 0.357 e. The van der Waals surface area contributed by atoms with E-state index in [1.165, 1.54) is 11.3 Å². The SMILES string of the molecule is CCOCCCN(Cc1nc(C(=O)OCC)cs1)C(=O)c1ccc(OC)cc1. The van der Waals surface area contributed by atoms with Crippen LogP contribution in [-0.2, 0) is 16.0 Å². The predicted molar refractivity (Wildman–Crippen MR) is 107 cm³/mol. The second kappa shape index (κ2) is 11.4. The van der Waals surface area contributed by atoms with E-state index in [2.05, 4.69) is 4.98 Å². The quantitative estimate of drug-likeness (QED) is 0.420. The summed E-state index contributed by atoms with van der Waals surface area (Å²) in [6.45, 7) is 6.05. The first-order valence-electron chi connectivity index (χ1n) is 9.21. The summed E-state index contributed by atoms with van der Waals surface area (Å²) >= 11 is 1.34. The normalized spacial score (nSPS) is 10.5. The van der Waals surface area contributed by atoms with Crippen LogP contribution in [0.25, 0.3) is 0 Å². The summed E-state index contributed by atoms with van der Waals surface area (Å²) in [4.78, 5) is 30.8. The Morgan fingerprint density at radius 1 is 1.14 bits per heavy atom. The molecule has 152 valence electrons. The number of amides is 1. The van der Waals surface area contributed by atoms with E-state index in [-0.39, 0.29) is 11.6 Å². The summed E-state index contributed by atoms with van der Waals surface area (Å²) in [6, 6.07) is 6.99. The lowest BCUT2D eigenvalue weighted by atomic mass is 10.2. The second-order valence-corrected chi connectivity index (χ2v) is 6.80. The van der Waals surface area contributed by atoms with Crippen LogP contribution >= 0.6 is 11.3 Å².